The van der Waals surface area contributed by atoms with Gasteiger partial charge in [-0.25, -0.2) is 0 Å². The molecular formula is C19H22O3S. The van der Waals surface area contributed by atoms with E-state index in [1.54, 1.807) is 11.8 Å². The second kappa shape index (κ2) is 8.96. The monoisotopic (exact) mass is 330 g/mol. The van der Waals surface area contributed by atoms with E-state index in [9.17, 15) is 0 Å². The first-order chi connectivity index (χ1) is 11.4. The average molecular weight is 330 g/mol. The van der Waals surface area contributed by atoms with Gasteiger partial charge in [0.2, 0.25) is 0 Å². The Kier molecular flexibility index (Phi) is 6.38. The highest BCUT2D eigenvalue weighted by Gasteiger charge is 2.13. The van der Waals surface area contributed by atoms with Crippen LogP contribution in [0.25, 0.3) is 0 Å². The number of para-hydroxylation sites is 1. The third kappa shape index (κ3) is 5.57. The van der Waals surface area contributed by atoms with Crippen molar-refractivity contribution in [1.82, 2.24) is 0 Å². The molecule has 122 valence electrons. The average Bonchev–Trinajstić information content (AvgIpc) is 2.62. The Balaban J connectivity index is 1.39. The van der Waals surface area contributed by atoms with E-state index in [2.05, 4.69) is 12.1 Å². The molecular weight excluding hydrogens is 308 g/mol. The van der Waals surface area contributed by atoms with E-state index in [1.165, 1.54) is 11.3 Å². The zero-order chi connectivity index (χ0) is 15.7. The van der Waals surface area contributed by atoms with Crippen LogP contribution in [-0.2, 0) is 9.47 Å². The second-order valence-corrected chi connectivity index (χ2v) is 6.57. The third-order valence-electron chi connectivity index (χ3n) is 3.60. The van der Waals surface area contributed by atoms with Crippen molar-refractivity contribution in [3.05, 3.63) is 54.6 Å². The highest BCUT2D eigenvalue weighted by Crippen LogP contribution is 2.25. The number of benzene rings is 2. The van der Waals surface area contributed by atoms with Crippen LogP contribution >= 0.6 is 11.8 Å². The van der Waals surface area contributed by atoms with Crippen LogP contribution < -0.4 is 4.74 Å². The van der Waals surface area contributed by atoms with E-state index < -0.39 is 0 Å². The van der Waals surface area contributed by atoms with Crippen LogP contribution in [0.1, 0.15) is 19.3 Å². The Labute approximate surface area is 142 Å². The Hall–Kier alpha value is -1.49. The maximum atomic E-state index is 5.79. The van der Waals surface area contributed by atoms with Gasteiger partial charge in [0.25, 0.3) is 0 Å². The summed E-state index contributed by atoms with van der Waals surface area (Å²) >= 11 is 1.79. The Morgan fingerprint density at radius 3 is 2.48 bits per heavy atom. The van der Waals surface area contributed by atoms with Gasteiger partial charge in [0.15, 0.2) is 6.29 Å². The molecule has 1 fully saturated rings. The van der Waals surface area contributed by atoms with Crippen molar-refractivity contribution >= 4 is 11.8 Å². The fourth-order valence-electron chi connectivity index (χ4n) is 2.41. The number of thioether (sulfide) groups is 1. The molecule has 1 atom stereocenters. The van der Waals surface area contributed by atoms with Crippen molar-refractivity contribution in [2.24, 2.45) is 0 Å². The predicted molar refractivity (Wildman–Crippen MR) is 93.2 cm³/mol. The van der Waals surface area contributed by atoms with Crippen LogP contribution in [0.3, 0.4) is 0 Å². The highest BCUT2D eigenvalue weighted by molar-refractivity contribution is 7.99. The lowest BCUT2D eigenvalue weighted by Gasteiger charge is -2.22. The lowest BCUT2D eigenvalue weighted by atomic mass is 10.2. The van der Waals surface area contributed by atoms with Crippen molar-refractivity contribution in [3.63, 3.8) is 0 Å². The number of ether oxygens (including phenoxy) is 3. The van der Waals surface area contributed by atoms with Gasteiger partial charge in [-0.3, -0.25) is 0 Å². The molecule has 0 aliphatic carbocycles. The fraction of sp³-hybridized carbons (Fsp3) is 0.368. The molecule has 23 heavy (non-hydrogen) atoms. The zero-order valence-corrected chi connectivity index (χ0v) is 14.0. The summed E-state index contributed by atoms with van der Waals surface area (Å²) in [5.74, 6) is 2.64. The van der Waals surface area contributed by atoms with E-state index in [1.807, 2.05) is 42.5 Å². The first-order valence-electron chi connectivity index (χ1n) is 8.09. The number of hydrogen-bond acceptors (Lipinski definition) is 4. The van der Waals surface area contributed by atoms with E-state index in [4.69, 9.17) is 14.2 Å². The van der Waals surface area contributed by atoms with Crippen LogP contribution in [0.4, 0.5) is 0 Å². The summed E-state index contributed by atoms with van der Waals surface area (Å²) in [5, 5.41) is 0. The van der Waals surface area contributed by atoms with Gasteiger partial charge in [-0.05, 0) is 55.7 Å². The molecule has 0 N–H and O–H groups in total. The van der Waals surface area contributed by atoms with Crippen molar-refractivity contribution < 1.29 is 14.2 Å². The lowest BCUT2D eigenvalue weighted by molar-refractivity contribution is -0.158. The Morgan fingerprint density at radius 2 is 1.74 bits per heavy atom. The van der Waals surface area contributed by atoms with Crippen LogP contribution in [0.2, 0.25) is 0 Å². The first kappa shape index (κ1) is 16.4. The SMILES string of the molecule is c1ccc(Oc2ccc(SCCO[C@@H]3CCCCO3)cc2)cc1. The molecule has 0 aromatic heterocycles. The van der Waals surface area contributed by atoms with E-state index in [0.29, 0.717) is 0 Å². The summed E-state index contributed by atoms with van der Waals surface area (Å²) in [6, 6.07) is 18.0. The maximum absolute atomic E-state index is 5.79. The van der Waals surface area contributed by atoms with Gasteiger partial charge in [-0.2, -0.15) is 0 Å². The quantitative estimate of drug-likeness (QED) is 0.520. The van der Waals surface area contributed by atoms with Gasteiger partial charge in [0.1, 0.15) is 11.5 Å². The summed E-state index contributed by atoms with van der Waals surface area (Å²) in [5.41, 5.74) is 0. The summed E-state index contributed by atoms with van der Waals surface area (Å²) < 4.78 is 17.1. The zero-order valence-electron chi connectivity index (χ0n) is 13.1. The molecule has 3 nitrogen and oxygen atoms in total. The van der Waals surface area contributed by atoms with E-state index in [-0.39, 0.29) is 6.29 Å². The van der Waals surface area contributed by atoms with Crippen LogP contribution in [-0.4, -0.2) is 25.3 Å². The minimum absolute atomic E-state index is 0.00555. The van der Waals surface area contributed by atoms with Gasteiger partial charge in [-0.1, -0.05) is 18.2 Å². The van der Waals surface area contributed by atoms with Crippen molar-refractivity contribution in [2.45, 2.75) is 30.4 Å². The summed E-state index contributed by atoms with van der Waals surface area (Å²) in [4.78, 5) is 1.22. The van der Waals surface area contributed by atoms with Gasteiger partial charge in [-0.15, -0.1) is 11.8 Å². The van der Waals surface area contributed by atoms with Crippen molar-refractivity contribution in [1.29, 1.82) is 0 Å². The smallest absolute Gasteiger partial charge is 0.157 e. The van der Waals surface area contributed by atoms with Gasteiger partial charge >= 0.3 is 0 Å². The molecule has 2 aromatic rings. The minimum Gasteiger partial charge on any atom is -0.457 e. The molecule has 2 aromatic carbocycles. The normalized spacial score (nSPS) is 17.8. The topological polar surface area (TPSA) is 27.7 Å². The van der Waals surface area contributed by atoms with Gasteiger partial charge < -0.3 is 14.2 Å². The molecule has 1 saturated heterocycles. The molecule has 3 rings (SSSR count). The highest BCUT2D eigenvalue weighted by atomic mass is 32.2. The molecule has 4 heteroatoms. The summed E-state index contributed by atoms with van der Waals surface area (Å²) in [6.07, 6.45) is 3.40. The molecule has 1 aliphatic heterocycles. The Bertz CT molecular complexity index is 565. The summed E-state index contributed by atoms with van der Waals surface area (Å²) in [7, 11) is 0. The minimum atomic E-state index is 0.00555. The van der Waals surface area contributed by atoms with Crippen LogP contribution in [0.15, 0.2) is 59.5 Å². The molecule has 0 saturated carbocycles. The predicted octanol–water partition coefficient (Wildman–Crippen LogP) is 5.11. The van der Waals surface area contributed by atoms with Crippen molar-refractivity contribution in [2.75, 3.05) is 19.0 Å². The molecule has 0 spiro atoms. The maximum Gasteiger partial charge on any atom is 0.157 e. The molecule has 1 heterocycles. The van der Waals surface area contributed by atoms with Crippen LogP contribution in [0, 0.1) is 0 Å². The third-order valence-corrected chi connectivity index (χ3v) is 4.57. The molecule has 0 radical (unpaired) electrons. The largest absolute Gasteiger partial charge is 0.457 e. The Morgan fingerprint density at radius 1 is 0.957 bits per heavy atom. The van der Waals surface area contributed by atoms with Gasteiger partial charge in [0, 0.05) is 17.3 Å². The first-order valence-corrected chi connectivity index (χ1v) is 9.08. The van der Waals surface area contributed by atoms with E-state index in [0.717, 1.165) is 43.3 Å². The number of rotatable bonds is 7. The fourth-order valence-corrected chi connectivity index (χ4v) is 3.15. The molecule has 1 aliphatic rings. The molecule has 0 bridgehead atoms. The van der Waals surface area contributed by atoms with Crippen molar-refractivity contribution in [3.8, 4) is 11.5 Å². The molecule has 0 unspecified atom stereocenters. The summed E-state index contributed by atoms with van der Waals surface area (Å²) in [6.45, 7) is 1.55. The van der Waals surface area contributed by atoms with Crippen LogP contribution in [0.5, 0.6) is 11.5 Å². The standard InChI is InChI=1S/C19H22O3S/c1-2-6-16(7-3-1)22-17-9-11-18(12-10-17)23-15-14-21-19-8-4-5-13-20-19/h1-3,6-7,9-12,19H,4-5,8,13-15H2/t19-/m1/s1. The number of hydrogen-bond donors (Lipinski definition) is 0. The van der Waals surface area contributed by atoms with Gasteiger partial charge in [0.05, 0.1) is 6.61 Å². The lowest BCUT2D eigenvalue weighted by Crippen LogP contribution is -2.23. The second-order valence-electron chi connectivity index (χ2n) is 5.40. The van der Waals surface area contributed by atoms with E-state index >= 15 is 0 Å². The molecule has 0 amide bonds.